The fourth-order valence-corrected chi connectivity index (χ4v) is 1.49. The van der Waals surface area contributed by atoms with Gasteiger partial charge in [-0.25, -0.2) is 4.99 Å². The van der Waals surface area contributed by atoms with Crippen LogP contribution in [0.3, 0.4) is 0 Å². The van der Waals surface area contributed by atoms with E-state index >= 15 is 0 Å². The van der Waals surface area contributed by atoms with Crippen LogP contribution in [0.4, 0.5) is 0 Å². The standard InChI is InChI=1S/C11H20N4O/c1-14(2)6-7-15(3)10-4-5-11(12-8-10)13-9-16/h8-9H,4-7H2,1-3H3,(H,12,13,16). The summed E-state index contributed by atoms with van der Waals surface area (Å²) >= 11 is 0. The molecular formula is C11H20N4O. The smallest absolute Gasteiger partial charge is 0.212 e. The molecule has 0 aliphatic carbocycles. The maximum atomic E-state index is 10.2. The Hall–Kier alpha value is -1.36. The highest BCUT2D eigenvalue weighted by Gasteiger charge is 2.10. The summed E-state index contributed by atoms with van der Waals surface area (Å²) in [5.41, 5.74) is 1.22. The highest BCUT2D eigenvalue weighted by Crippen LogP contribution is 2.14. The van der Waals surface area contributed by atoms with Crippen LogP contribution in [0.1, 0.15) is 12.8 Å². The van der Waals surface area contributed by atoms with Crippen molar-refractivity contribution in [3.8, 4) is 0 Å². The molecule has 5 nitrogen and oxygen atoms in total. The summed E-state index contributed by atoms with van der Waals surface area (Å²) in [4.78, 5) is 18.8. The fraction of sp³-hybridized carbons (Fsp3) is 0.636. The number of nitrogens with one attached hydrogen (secondary N) is 1. The highest BCUT2D eigenvalue weighted by molar-refractivity contribution is 5.91. The monoisotopic (exact) mass is 224 g/mol. The van der Waals surface area contributed by atoms with Gasteiger partial charge in [0.05, 0.1) is 0 Å². The summed E-state index contributed by atoms with van der Waals surface area (Å²) in [7, 11) is 6.20. The first-order valence-electron chi connectivity index (χ1n) is 5.45. The van der Waals surface area contributed by atoms with Gasteiger partial charge >= 0.3 is 0 Å². The lowest BCUT2D eigenvalue weighted by molar-refractivity contribution is -0.108. The van der Waals surface area contributed by atoms with Crippen molar-refractivity contribution >= 4 is 12.2 Å². The van der Waals surface area contributed by atoms with Crippen molar-refractivity contribution in [1.29, 1.82) is 0 Å². The van der Waals surface area contributed by atoms with Crippen LogP contribution in [0, 0.1) is 0 Å². The molecule has 1 amide bonds. The zero-order valence-electron chi connectivity index (χ0n) is 10.2. The lowest BCUT2D eigenvalue weighted by atomic mass is 10.2. The van der Waals surface area contributed by atoms with E-state index in [2.05, 4.69) is 41.3 Å². The number of likely N-dealkylation sites (N-methyl/N-ethyl adjacent to an activating group) is 2. The molecule has 0 spiro atoms. The number of carbonyl (C=O) groups is 1. The van der Waals surface area contributed by atoms with E-state index in [9.17, 15) is 4.79 Å². The molecular weight excluding hydrogens is 204 g/mol. The van der Waals surface area contributed by atoms with Crippen LogP contribution in [-0.2, 0) is 4.79 Å². The molecule has 1 N–H and O–H groups in total. The number of aliphatic imine (C=N–C) groups is 1. The first-order valence-corrected chi connectivity index (χ1v) is 5.45. The summed E-state index contributed by atoms with van der Waals surface area (Å²) in [5.74, 6) is 0.750. The van der Waals surface area contributed by atoms with Gasteiger partial charge in [0.25, 0.3) is 0 Å². The Morgan fingerprint density at radius 2 is 2.12 bits per heavy atom. The largest absolute Gasteiger partial charge is 0.375 e. The third kappa shape index (κ3) is 4.02. The predicted octanol–water partition coefficient (Wildman–Crippen LogP) is 0.259. The molecule has 0 fully saturated rings. The molecule has 0 aromatic carbocycles. The molecule has 0 aromatic heterocycles. The highest BCUT2D eigenvalue weighted by atomic mass is 16.1. The second kappa shape index (κ2) is 6.27. The number of hydrogen-bond acceptors (Lipinski definition) is 4. The van der Waals surface area contributed by atoms with E-state index in [0.29, 0.717) is 6.41 Å². The molecule has 0 saturated heterocycles. The van der Waals surface area contributed by atoms with Crippen molar-refractivity contribution < 1.29 is 4.79 Å². The van der Waals surface area contributed by atoms with Crippen molar-refractivity contribution in [2.45, 2.75) is 12.8 Å². The van der Waals surface area contributed by atoms with Crippen LogP contribution in [0.5, 0.6) is 0 Å². The molecule has 1 rings (SSSR count). The Bertz CT molecular complexity index is 296. The molecule has 1 aliphatic heterocycles. The average Bonchev–Trinajstić information content (AvgIpc) is 2.27. The SMILES string of the molecule is CN(C)CCN(C)C1=CN=C(NC=O)CC1. The summed E-state index contributed by atoms with van der Waals surface area (Å²) in [6, 6.07) is 0. The molecule has 90 valence electrons. The van der Waals surface area contributed by atoms with E-state index in [1.807, 2.05) is 6.20 Å². The normalized spacial score (nSPS) is 15.5. The number of carbonyl (C=O) groups excluding carboxylic acids is 1. The van der Waals surface area contributed by atoms with Gasteiger partial charge in [0.1, 0.15) is 5.84 Å². The molecule has 16 heavy (non-hydrogen) atoms. The van der Waals surface area contributed by atoms with Gasteiger partial charge in [-0.1, -0.05) is 0 Å². The van der Waals surface area contributed by atoms with Crippen LogP contribution in [0.2, 0.25) is 0 Å². The Labute approximate surface area is 96.8 Å². The van der Waals surface area contributed by atoms with Crippen molar-refractivity contribution in [2.75, 3.05) is 34.2 Å². The quantitative estimate of drug-likeness (QED) is 0.681. The number of nitrogens with zero attached hydrogens (tertiary/aromatic N) is 3. The second-order valence-electron chi connectivity index (χ2n) is 4.18. The summed E-state index contributed by atoms with van der Waals surface area (Å²) in [6.45, 7) is 2.02. The van der Waals surface area contributed by atoms with Gasteiger partial charge in [-0.05, 0) is 20.5 Å². The molecule has 0 aromatic rings. The van der Waals surface area contributed by atoms with E-state index in [4.69, 9.17) is 0 Å². The maximum Gasteiger partial charge on any atom is 0.212 e. The van der Waals surface area contributed by atoms with Crippen molar-refractivity contribution in [3.63, 3.8) is 0 Å². The lowest BCUT2D eigenvalue weighted by Crippen LogP contribution is -2.30. The zero-order valence-corrected chi connectivity index (χ0v) is 10.2. The van der Waals surface area contributed by atoms with Crippen LogP contribution >= 0.6 is 0 Å². The number of hydrogen-bond donors (Lipinski definition) is 1. The van der Waals surface area contributed by atoms with Gasteiger partial charge in [0, 0.05) is 38.5 Å². The molecule has 0 atom stereocenters. The Kier molecular flexibility index (Phi) is 4.98. The minimum atomic E-state index is 0.674. The summed E-state index contributed by atoms with van der Waals surface area (Å²) in [5, 5.41) is 2.59. The minimum absolute atomic E-state index is 0.674. The Morgan fingerprint density at radius 1 is 1.38 bits per heavy atom. The molecule has 0 radical (unpaired) electrons. The number of allylic oxidation sites excluding steroid dienone is 1. The van der Waals surface area contributed by atoms with Gasteiger partial charge in [-0.3, -0.25) is 4.79 Å². The maximum absolute atomic E-state index is 10.2. The van der Waals surface area contributed by atoms with E-state index in [1.165, 1.54) is 5.70 Å². The third-order valence-corrected chi connectivity index (χ3v) is 2.59. The third-order valence-electron chi connectivity index (χ3n) is 2.59. The molecule has 0 saturated carbocycles. The Morgan fingerprint density at radius 3 is 2.62 bits per heavy atom. The summed E-state index contributed by atoms with van der Waals surface area (Å²) < 4.78 is 0. The van der Waals surface area contributed by atoms with Gasteiger partial charge in [0.2, 0.25) is 6.41 Å². The van der Waals surface area contributed by atoms with E-state index in [-0.39, 0.29) is 0 Å². The molecule has 0 unspecified atom stereocenters. The predicted molar refractivity (Wildman–Crippen MR) is 65.1 cm³/mol. The van der Waals surface area contributed by atoms with Crippen LogP contribution < -0.4 is 5.32 Å². The number of amidine groups is 1. The van der Waals surface area contributed by atoms with Gasteiger partial charge < -0.3 is 15.1 Å². The van der Waals surface area contributed by atoms with Crippen molar-refractivity contribution in [2.24, 2.45) is 4.99 Å². The van der Waals surface area contributed by atoms with Crippen LogP contribution in [-0.4, -0.2) is 56.3 Å². The number of rotatable bonds is 5. The molecule has 1 heterocycles. The molecule has 0 bridgehead atoms. The second-order valence-corrected chi connectivity index (χ2v) is 4.18. The van der Waals surface area contributed by atoms with E-state index < -0.39 is 0 Å². The molecule has 5 heteroatoms. The van der Waals surface area contributed by atoms with Gasteiger partial charge in [-0.2, -0.15) is 0 Å². The average molecular weight is 224 g/mol. The first kappa shape index (κ1) is 12.7. The lowest BCUT2D eigenvalue weighted by Gasteiger charge is -2.25. The van der Waals surface area contributed by atoms with Crippen LogP contribution in [0.25, 0.3) is 0 Å². The minimum Gasteiger partial charge on any atom is -0.375 e. The first-order chi connectivity index (χ1) is 7.63. The molecule has 1 aliphatic rings. The summed E-state index contributed by atoms with van der Waals surface area (Å²) in [6.07, 6.45) is 4.25. The topological polar surface area (TPSA) is 47.9 Å². The van der Waals surface area contributed by atoms with Crippen molar-refractivity contribution in [3.05, 3.63) is 11.9 Å². The Balaban J connectivity index is 2.46. The fourth-order valence-electron chi connectivity index (χ4n) is 1.49. The van der Waals surface area contributed by atoms with Crippen LogP contribution in [0.15, 0.2) is 16.9 Å². The van der Waals surface area contributed by atoms with Gasteiger partial charge in [0.15, 0.2) is 0 Å². The van der Waals surface area contributed by atoms with E-state index in [0.717, 1.165) is 31.8 Å². The number of amides is 1. The van der Waals surface area contributed by atoms with Crippen molar-refractivity contribution in [1.82, 2.24) is 15.1 Å². The zero-order chi connectivity index (χ0) is 12.0. The van der Waals surface area contributed by atoms with E-state index in [1.54, 1.807) is 0 Å². The van der Waals surface area contributed by atoms with Gasteiger partial charge in [-0.15, -0.1) is 0 Å².